The molecule has 4 amide bonds. The number of nitrogens with one attached hydrogen (secondary N) is 3. The zero-order valence-electron chi connectivity index (χ0n) is 16.8. The van der Waals surface area contributed by atoms with Crippen molar-refractivity contribution in [2.45, 2.75) is 44.6 Å². The number of H-pyrrole nitrogens is 1. The molecule has 4 rings (SSSR count). The van der Waals surface area contributed by atoms with Gasteiger partial charge in [0.25, 0.3) is 11.8 Å². The molecule has 1 aromatic carbocycles. The molecule has 0 bridgehead atoms. The molecule has 8 heteroatoms. The Morgan fingerprint density at radius 2 is 1.97 bits per heavy atom. The maximum absolute atomic E-state index is 12.4. The minimum Gasteiger partial charge on any atom is -0.361 e. The van der Waals surface area contributed by atoms with E-state index >= 15 is 0 Å². The van der Waals surface area contributed by atoms with E-state index in [0.717, 1.165) is 36.5 Å². The van der Waals surface area contributed by atoms with E-state index in [1.165, 1.54) is 10.9 Å². The van der Waals surface area contributed by atoms with Crippen LogP contribution in [0.4, 0.5) is 4.79 Å². The van der Waals surface area contributed by atoms with Crippen LogP contribution < -0.4 is 10.7 Å². The van der Waals surface area contributed by atoms with E-state index in [2.05, 4.69) is 45.0 Å². The molecule has 0 aliphatic carbocycles. The first-order valence-electron chi connectivity index (χ1n) is 10.2. The lowest BCUT2D eigenvalue weighted by Crippen LogP contribution is -2.51. The van der Waals surface area contributed by atoms with Gasteiger partial charge in [-0.3, -0.25) is 19.9 Å². The highest BCUT2D eigenvalue weighted by Gasteiger charge is 2.47. The largest absolute Gasteiger partial charge is 0.361 e. The standard InChI is InChI=1S/C21H27N5O3/c1-3-21(2)19(28)26(20(29)23-21)24-18(27)13-25-10-8-14(9-11-25)16-12-22-17-7-5-4-6-15(16)17/h4-7,12,14,22H,3,8-11,13H2,1-2H3,(H,23,29)(H,24,27)/t21-/m0/s1. The van der Waals surface area contributed by atoms with Crippen molar-refractivity contribution in [1.29, 1.82) is 0 Å². The maximum Gasteiger partial charge on any atom is 0.344 e. The number of imide groups is 1. The smallest absolute Gasteiger partial charge is 0.344 e. The first-order valence-corrected chi connectivity index (χ1v) is 10.2. The number of piperidine rings is 1. The molecular formula is C21H27N5O3. The lowest BCUT2D eigenvalue weighted by molar-refractivity contribution is -0.139. The Kier molecular flexibility index (Phi) is 5.04. The van der Waals surface area contributed by atoms with Gasteiger partial charge >= 0.3 is 6.03 Å². The fourth-order valence-electron chi connectivity index (χ4n) is 4.22. The van der Waals surface area contributed by atoms with Crippen LogP contribution in [0.1, 0.15) is 44.6 Å². The van der Waals surface area contributed by atoms with Gasteiger partial charge in [-0.15, -0.1) is 0 Å². The molecule has 0 radical (unpaired) electrons. The summed E-state index contributed by atoms with van der Waals surface area (Å²) in [4.78, 5) is 42.2. The van der Waals surface area contributed by atoms with E-state index in [9.17, 15) is 14.4 Å². The van der Waals surface area contributed by atoms with Crippen molar-refractivity contribution in [2.75, 3.05) is 19.6 Å². The molecule has 2 aromatic rings. The lowest BCUT2D eigenvalue weighted by Gasteiger charge is -2.31. The predicted octanol–water partition coefficient (Wildman–Crippen LogP) is 2.10. The van der Waals surface area contributed by atoms with Crippen molar-refractivity contribution in [3.05, 3.63) is 36.0 Å². The molecule has 154 valence electrons. The van der Waals surface area contributed by atoms with Gasteiger partial charge in [-0.25, -0.2) is 4.79 Å². The van der Waals surface area contributed by atoms with Crippen LogP contribution in [-0.4, -0.2) is 57.9 Å². The van der Waals surface area contributed by atoms with Gasteiger partial charge in [0.15, 0.2) is 0 Å². The van der Waals surface area contributed by atoms with Crippen molar-refractivity contribution < 1.29 is 14.4 Å². The molecule has 29 heavy (non-hydrogen) atoms. The number of hydrogen-bond donors (Lipinski definition) is 3. The second-order valence-corrected chi connectivity index (χ2v) is 8.13. The molecule has 0 unspecified atom stereocenters. The number of carbonyl (C=O) groups excluding carboxylic acids is 3. The molecule has 0 saturated carbocycles. The number of likely N-dealkylation sites (tertiary alicyclic amines) is 1. The summed E-state index contributed by atoms with van der Waals surface area (Å²) in [6, 6.07) is 7.73. The first kappa shape index (κ1) is 19.4. The van der Waals surface area contributed by atoms with E-state index < -0.39 is 17.5 Å². The van der Waals surface area contributed by atoms with Crippen LogP contribution in [0.25, 0.3) is 10.9 Å². The SMILES string of the molecule is CC[C@]1(C)NC(=O)N(NC(=O)CN2CCC(c3c[nH]c4ccccc34)CC2)C1=O. The molecule has 1 aromatic heterocycles. The molecule has 2 fully saturated rings. The first-order chi connectivity index (χ1) is 13.9. The zero-order chi connectivity index (χ0) is 20.6. The highest BCUT2D eigenvalue weighted by molar-refractivity contribution is 6.07. The van der Waals surface area contributed by atoms with Crippen LogP contribution in [0, 0.1) is 0 Å². The highest BCUT2D eigenvalue weighted by atomic mass is 16.2. The summed E-state index contributed by atoms with van der Waals surface area (Å²) in [7, 11) is 0. The molecule has 0 spiro atoms. The number of hydrazine groups is 1. The van der Waals surface area contributed by atoms with Gasteiger partial charge in [0, 0.05) is 17.1 Å². The van der Waals surface area contributed by atoms with E-state index in [-0.39, 0.29) is 12.5 Å². The number of aromatic amines is 1. The molecule has 2 aliphatic rings. The maximum atomic E-state index is 12.4. The minimum atomic E-state index is -0.956. The average molecular weight is 397 g/mol. The third-order valence-electron chi connectivity index (χ3n) is 6.22. The molecule has 2 aliphatic heterocycles. The van der Waals surface area contributed by atoms with Crippen LogP contribution in [0.15, 0.2) is 30.5 Å². The van der Waals surface area contributed by atoms with E-state index in [1.54, 1.807) is 6.92 Å². The number of aromatic nitrogens is 1. The zero-order valence-corrected chi connectivity index (χ0v) is 16.8. The molecule has 3 N–H and O–H groups in total. The van der Waals surface area contributed by atoms with Crippen LogP contribution >= 0.6 is 0 Å². The lowest BCUT2D eigenvalue weighted by atomic mass is 9.89. The Labute approximate surface area is 169 Å². The summed E-state index contributed by atoms with van der Waals surface area (Å²) < 4.78 is 0. The van der Waals surface area contributed by atoms with Gasteiger partial charge in [-0.05, 0) is 56.8 Å². The Hall–Kier alpha value is -2.87. The molecule has 3 heterocycles. The van der Waals surface area contributed by atoms with Gasteiger partial charge < -0.3 is 10.3 Å². The quantitative estimate of drug-likeness (QED) is 0.673. The van der Waals surface area contributed by atoms with Gasteiger partial charge in [0.2, 0.25) is 0 Å². The number of carbonyl (C=O) groups is 3. The van der Waals surface area contributed by atoms with E-state index in [1.807, 2.05) is 13.0 Å². The van der Waals surface area contributed by atoms with Crippen molar-refractivity contribution in [1.82, 2.24) is 25.6 Å². The topological polar surface area (TPSA) is 97.5 Å². The van der Waals surface area contributed by atoms with Crippen molar-refractivity contribution in [3.8, 4) is 0 Å². The number of rotatable bonds is 5. The van der Waals surface area contributed by atoms with Gasteiger partial charge in [-0.2, -0.15) is 5.01 Å². The Bertz CT molecular complexity index is 947. The number of urea groups is 1. The van der Waals surface area contributed by atoms with Crippen molar-refractivity contribution in [3.63, 3.8) is 0 Å². The summed E-state index contributed by atoms with van der Waals surface area (Å²) in [5.74, 6) is -0.308. The fourth-order valence-corrected chi connectivity index (χ4v) is 4.22. The van der Waals surface area contributed by atoms with Crippen LogP contribution in [0.5, 0.6) is 0 Å². The van der Waals surface area contributed by atoms with Crippen molar-refractivity contribution >= 4 is 28.7 Å². The van der Waals surface area contributed by atoms with Crippen molar-refractivity contribution in [2.24, 2.45) is 0 Å². The third kappa shape index (κ3) is 3.60. The fraction of sp³-hybridized carbons (Fsp3) is 0.476. The normalized spacial score (nSPS) is 23.6. The minimum absolute atomic E-state index is 0.167. The Morgan fingerprint density at radius 1 is 1.24 bits per heavy atom. The van der Waals surface area contributed by atoms with E-state index in [4.69, 9.17) is 0 Å². The van der Waals surface area contributed by atoms with Crippen LogP contribution in [0.2, 0.25) is 0 Å². The number of hydrogen-bond acceptors (Lipinski definition) is 4. The molecule has 8 nitrogen and oxygen atoms in total. The molecule has 2 saturated heterocycles. The van der Waals surface area contributed by atoms with Gasteiger partial charge in [-0.1, -0.05) is 25.1 Å². The highest BCUT2D eigenvalue weighted by Crippen LogP contribution is 2.33. The molecule has 1 atom stereocenters. The average Bonchev–Trinajstić information content (AvgIpc) is 3.24. The number of para-hydroxylation sites is 1. The van der Waals surface area contributed by atoms with Gasteiger partial charge in [0.05, 0.1) is 6.54 Å². The van der Waals surface area contributed by atoms with E-state index in [0.29, 0.717) is 12.3 Å². The van der Waals surface area contributed by atoms with Crippen LogP contribution in [-0.2, 0) is 9.59 Å². The summed E-state index contributed by atoms with van der Waals surface area (Å²) in [5, 5.41) is 4.71. The number of amides is 4. The molecular weight excluding hydrogens is 370 g/mol. The number of benzene rings is 1. The second-order valence-electron chi connectivity index (χ2n) is 8.13. The predicted molar refractivity (Wildman–Crippen MR) is 109 cm³/mol. The second kappa shape index (κ2) is 7.51. The summed E-state index contributed by atoms with van der Waals surface area (Å²) in [6.45, 7) is 5.24. The number of nitrogens with zero attached hydrogens (tertiary/aromatic N) is 2. The Morgan fingerprint density at radius 3 is 2.66 bits per heavy atom. The summed E-state index contributed by atoms with van der Waals surface area (Å²) in [6.07, 6.45) is 4.49. The number of fused-ring (bicyclic) bond motifs is 1. The monoisotopic (exact) mass is 397 g/mol. The summed E-state index contributed by atoms with van der Waals surface area (Å²) in [5.41, 5.74) is 3.99. The summed E-state index contributed by atoms with van der Waals surface area (Å²) >= 11 is 0. The third-order valence-corrected chi connectivity index (χ3v) is 6.22. The Balaban J connectivity index is 1.31. The van der Waals surface area contributed by atoms with Gasteiger partial charge in [0.1, 0.15) is 5.54 Å². The van der Waals surface area contributed by atoms with Crippen LogP contribution in [0.3, 0.4) is 0 Å².